The fraction of sp³-hybridized carbons (Fsp3) is 0.286. The zero-order valence-electron chi connectivity index (χ0n) is 15.4. The summed E-state index contributed by atoms with van der Waals surface area (Å²) in [5.74, 6) is 0.569. The van der Waals surface area contributed by atoms with Crippen molar-refractivity contribution >= 4 is 27.5 Å². The van der Waals surface area contributed by atoms with Crippen LogP contribution in [-0.2, 0) is 13.2 Å². The molecule has 1 aliphatic rings. The average molecular weight is 392 g/mol. The molecule has 142 valence electrons. The Morgan fingerprint density at radius 2 is 2.14 bits per heavy atom. The normalized spacial score (nSPS) is 14.4. The van der Waals surface area contributed by atoms with E-state index < -0.39 is 0 Å². The molecule has 7 heteroatoms. The molecule has 3 heterocycles. The zero-order valence-corrected chi connectivity index (χ0v) is 16.2. The number of benzene rings is 1. The molecule has 1 N–H and O–H groups in total. The molecule has 0 aliphatic carbocycles. The highest BCUT2D eigenvalue weighted by Gasteiger charge is 2.22. The summed E-state index contributed by atoms with van der Waals surface area (Å²) in [6.45, 7) is 5.66. The van der Waals surface area contributed by atoms with Crippen LogP contribution in [0.15, 0.2) is 46.6 Å². The number of anilines is 1. The first-order chi connectivity index (χ1) is 13.6. The molecule has 0 unspecified atom stereocenters. The number of aliphatic hydroxyl groups is 1. The van der Waals surface area contributed by atoms with Crippen molar-refractivity contribution in [2.24, 2.45) is 0 Å². The third-order valence-electron chi connectivity index (χ3n) is 5.02. The molecule has 6 nitrogen and oxygen atoms in total. The van der Waals surface area contributed by atoms with Crippen molar-refractivity contribution in [3.63, 3.8) is 0 Å². The molecule has 1 aliphatic heterocycles. The quantitative estimate of drug-likeness (QED) is 0.690. The van der Waals surface area contributed by atoms with Gasteiger partial charge in [-0.05, 0) is 29.9 Å². The number of rotatable bonds is 4. The highest BCUT2D eigenvalue weighted by atomic mass is 32.1. The van der Waals surface area contributed by atoms with Crippen molar-refractivity contribution in [1.29, 1.82) is 5.26 Å². The van der Waals surface area contributed by atoms with E-state index in [1.54, 1.807) is 16.0 Å². The first-order valence-corrected chi connectivity index (χ1v) is 10.0. The van der Waals surface area contributed by atoms with Crippen LogP contribution in [0.2, 0.25) is 0 Å². The molecule has 0 atom stereocenters. The van der Waals surface area contributed by atoms with Crippen molar-refractivity contribution in [3.8, 4) is 6.07 Å². The number of hydrogen-bond acceptors (Lipinski definition) is 6. The van der Waals surface area contributed by atoms with Crippen LogP contribution in [0.25, 0.3) is 10.2 Å². The Bertz CT molecular complexity index is 1160. The van der Waals surface area contributed by atoms with E-state index in [1.807, 2.05) is 18.2 Å². The molecule has 0 bridgehead atoms. The third kappa shape index (κ3) is 3.21. The third-order valence-corrected chi connectivity index (χ3v) is 6.03. The Hall–Kier alpha value is -2.95. The molecule has 1 fully saturated rings. The van der Waals surface area contributed by atoms with E-state index in [-0.39, 0.29) is 18.7 Å². The minimum atomic E-state index is -0.153. The van der Waals surface area contributed by atoms with E-state index in [0.29, 0.717) is 33.8 Å². The second kappa shape index (κ2) is 7.58. The lowest BCUT2D eigenvalue weighted by Gasteiger charge is -2.31. The highest BCUT2D eigenvalue weighted by molar-refractivity contribution is 7.17. The van der Waals surface area contributed by atoms with Crippen LogP contribution in [0.5, 0.6) is 0 Å². The number of fused-ring (bicyclic) bond motifs is 1. The van der Waals surface area contributed by atoms with Crippen molar-refractivity contribution < 1.29 is 5.11 Å². The van der Waals surface area contributed by atoms with Gasteiger partial charge in [-0.1, -0.05) is 30.4 Å². The molecule has 0 spiro atoms. The minimum Gasteiger partial charge on any atom is -0.392 e. The van der Waals surface area contributed by atoms with Crippen LogP contribution < -0.4 is 10.5 Å². The first-order valence-electron chi connectivity index (χ1n) is 9.13. The molecule has 2 aromatic heterocycles. The molecular weight excluding hydrogens is 372 g/mol. The Kier molecular flexibility index (Phi) is 4.99. The lowest BCUT2D eigenvalue weighted by Crippen LogP contribution is -2.37. The Balaban J connectivity index is 1.91. The van der Waals surface area contributed by atoms with E-state index in [0.717, 1.165) is 30.5 Å². The lowest BCUT2D eigenvalue weighted by atomic mass is 10.1. The van der Waals surface area contributed by atoms with Crippen molar-refractivity contribution in [3.05, 3.63) is 68.8 Å². The van der Waals surface area contributed by atoms with Crippen LogP contribution in [0.1, 0.15) is 29.5 Å². The smallest absolute Gasteiger partial charge is 0.273 e. The molecule has 0 radical (unpaired) electrons. The second-order valence-electron chi connectivity index (χ2n) is 6.94. The summed E-state index contributed by atoms with van der Waals surface area (Å²) in [4.78, 5) is 20.2. The number of hydrogen-bond donors (Lipinski definition) is 1. The molecule has 1 aromatic carbocycles. The molecule has 3 aromatic rings. The number of nitriles is 1. The maximum Gasteiger partial charge on any atom is 0.273 e. The summed E-state index contributed by atoms with van der Waals surface area (Å²) < 4.78 is 2.17. The molecule has 1 saturated heterocycles. The predicted molar refractivity (Wildman–Crippen MR) is 111 cm³/mol. The monoisotopic (exact) mass is 392 g/mol. The summed E-state index contributed by atoms with van der Waals surface area (Å²) >= 11 is 1.30. The standard InChI is InChI=1S/C21H20N4O2S/c1-14-5-4-8-24(10-14)21-23-18-17(12-26)13-28-19(18)20(27)25(21)11-16-7-3-2-6-15(16)9-22/h2-3,6-7,13,26H,1,4-5,8,10-12H2. The number of nitrogens with zero attached hydrogens (tertiary/aromatic N) is 4. The van der Waals surface area contributed by atoms with Gasteiger partial charge in [0, 0.05) is 18.7 Å². The van der Waals surface area contributed by atoms with Gasteiger partial charge in [-0.3, -0.25) is 9.36 Å². The van der Waals surface area contributed by atoms with Crippen LogP contribution in [0.3, 0.4) is 0 Å². The van der Waals surface area contributed by atoms with Gasteiger partial charge >= 0.3 is 0 Å². The van der Waals surface area contributed by atoms with Gasteiger partial charge in [0.05, 0.1) is 30.3 Å². The van der Waals surface area contributed by atoms with Gasteiger partial charge in [-0.15, -0.1) is 11.3 Å². The van der Waals surface area contributed by atoms with E-state index >= 15 is 0 Å². The van der Waals surface area contributed by atoms with Crippen molar-refractivity contribution in [1.82, 2.24) is 9.55 Å². The van der Waals surface area contributed by atoms with Gasteiger partial charge < -0.3 is 10.0 Å². The van der Waals surface area contributed by atoms with Crippen LogP contribution in [0.4, 0.5) is 5.95 Å². The summed E-state index contributed by atoms with van der Waals surface area (Å²) in [6.07, 6.45) is 1.93. The summed E-state index contributed by atoms with van der Waals surface area (Å²) in [6, 6.07) is 9.49. The van der Waals surface area contributed by atoms with Crippen LogP contribution in [-0.4, -0.2) is 27.7 Å². The number of thiophene rings is 1. The summed E-state index contributed by atoms with van der Waals surface area (Å²) in [5, 5.41) is 20.8. The van der Waals surface area contributed by atoms with Crippen molar-refractivity contribution in [2.75, 3.05) is 18.0 Å². The average Bonchev–Trinajstić information content (AvgIpc) is 3.13. The van der Waals surface area contributed by atoms with Gasteiger partial charge in [0.25, 0.3) is 5.56 Å². The van der Waals surface area contributed by atoms with E-state index in [9.17, 15) is 15.2 Å². The van der Waals surface area contributed by atoms with Gasteiger partial charge in [-0.25, -0.2) is 4.98 Å². The van der Waals surface area contributed by atoms with E-state index in [1.165, 1.54) is 11.3 Å². The maximum atomic E-state index is 13.3. The van der Waals surface area contributed by atoms with Crippen LogP contribution >= 0.6 is 11.3 Å². The lowest BCUT2D eigenvalue weighted by molar-refractivity contribution is 0.283. The Labute approximate surface area is 166 Å². The molecule has 0 saturated carbocycles. The van der Waals surface area contributed by atoms with Gasteiger partial charge in [0.1, 0.15) is 4.70 Å². The van der Waals surface area contributed by atoms with E-state index in [4.69, 9.17) is 4.98 Å². The number of piperidine rings is 1. The minimum absolute atomic E-state index is 0.145. The molecule has 4 rings (SSSR count). The summed E-state index contributed by atoms with van der Waals surface area (Å²) in [5.41, 5.74) is 3.52. The topological polar surface area (TPSA) is 82.2 Å². The molecule has 28 heavy (non-hydrogen) atoms. The fourth-order valence-electron chi connectivity index (χ4n) is 3.59. The summed E-state index contributed by atoms with van der Waals surface area (Å²) in [7, 11) is 0. The SMILES string of the molecule is C=C1CCCN(c2nc3c(CO)csc3c(=O)n2Cc2ccccc2C#N)C1. The highest BCUT2D eigenvalue weighted by Crippen LogP contribution is 2.27. The maximum absolute atomic E-state index is 13.3. The molecular formula is C21H20N4O2S. The zero-order chi connectivity index (χ0) is 19.7. The molecule has 0 amide bonds. The first kappa shape index (κ1) is 18.4. The fourth-order valence-corrected chi connectivity index (χ4v) is 4.53. The predicted octanol–water partition coefficient (Wildman–Crippen LogP) is 3.03. The number of aromatic nitrogens is 2. The van der Waals surface area contributed by atoms with Gasteiger partial charge in [0.2, 0.25) is 5.95 Å². The Morgan fingerprint density at radius 3 is 2.89 bits per heavy atom. The number of aliphatic hydroxyl groups excluding tert-OH is 1. The van der Waals surface area contributed by atoms with Crippen molar-refractivity contribution in [2.45, 2.75) is 26.0 Å². The largest absolute Gasteiger partial charge is 0.392 e. The van der Waals surface area contributed by atoms with Gasteiger partial charge in [0.15, 0.2) is 0 Å². The Morgan fingerprint density at radius 1 is 1.32 bits per heavy atom. The van der Waals surface area contributed by atoms with E-state index in [2.05, 4.69) is 17.5 Å². The second-order valence-corrected chi connectivity index (χ2v) is 7.82. The van der Waals surface area contributed by atoms with Crippen LogP contribution in [0, 0.1) is 11.3 Å². The van der Waals surface area contributed by atoms with Gasteiger partial charge in [-0.2, -0.15) is 5.26 Å².